The Bertz CT molecular complexity index is 579. The SMILES string of the molecule is CC(C)n1c(CNC(C)(C)C)nc2cc(Br)ccc21. The van der Waals surface area contributed by atoms with Crippen molar-refractivity contribution in [2.24, 2.45) is 0 Å². The Morgan fingerprint density at radius 1 is 1.32 bits per heavy atom. The Labute approximate surface area is 123 Å². The van der Waals surface area contributed by atoms with E-state index < -0.39 is 0 Å². The molecule has 0 saturated carbocycles. The number of hydrogen-bond acceptors (Lipinski definition) is 2. The van der Waals surface area contributed by atoms with Gasteiger partial charge in [0.2, 0.25) is 0 Å². The highest BCUT2D eigenvalue weighted by atomic mass is 79.9. The molecule has 104 valence electrons. The highest BCUT2D eigenvalue weighted by Crippen LogP contribution is 2.24. The van der Waals surface area contributed by atoms with E-state index in [2.05, 4.69) is 78.6 Å². The number of imidazole rings is 1. The van der Waals surface area contributed by atoms with Crippen LogP contribution in [0.1, 0.15) is 46.5 Å². The zero-order chi connectivity index (χ0) is 14.2. The number of hydrogen-bond donors (Lipinski definition) is 1. The molecule has 0 radical (unpaired) electrons. The molecule has 1 heterocycles. The molecule has 19 heavy (non-hydrogen) atoms. The van der Waals surface area contributed by atoms with Crippen LogP contribution in [-0.4, -0.2) is 15.1 Å². The molecule has 3 nitrogen and oxygen atoms in total. The highest BCUT2D eigenvalue weighted by Gasteiger charge is 2.16. The molecule has 0 bridgehead atoms. The molecule has 0 aliphatic heterocycles. The minimum absolute atomic E-state index is 0.0977. The van der Waals surface area contributed by atoms with Gasteiger partial charge in [0.25, 0.3) is 0 Å². The van der Waals surface area contributed by atoms with Gasteiger partial charge in [-0.05, 0) is 52.8 Å². The summed E-state index contributed by atoms with van der Waals surface area (Å²) in [5.74, 6) is 1.10. The number of nitrogens with zero attached hydrogens (tertiary/aromatic N) is 2. The number of nitrogens with one attached hydrogen (secondary N) is 1. The maximum absolute atomic E-state index is 4.77. The first-order valence-electron chi connectivity index (χ1n) is 6.69. The summed E-state index contributed by atoms with van der Waals surface area (Å²) in [4.78, 5) is 4.77. The molecule has 1 aromatic carbocycles. The van der Waals surface area contributed by atoms with Crippen LogP contribution in [0.15, 0.2) is 22.7 Å². The number of benzene rings is 1. The van der Waals surface area contributed by atoms with Gasteiger partial charge < -0.3 is 9.88 Å². The summed E-state index contributed by atoms with van der Waals surface area (Å²) in [6.45, 7) is 11.7. The Balaban J connectivity index is 2.44. The quantitative estimate of drug-likeness (QED) is 0.914. The van der Waals surface area contributed by atoms with E-state index in [9.17, 15) is 0 Å². The van der Waals surface area contributed by atoms with Gasteiger partial charge in [0, 0.05) is 16.1 Å². The topological polar surface area (TPSA) is 29.9 Å². The molecule has 0 saturated heterocycles. The summed E-state index contributed by atoms with van der Waals surface area (Å²) in [5, 5.41) is 3.51. The predicted molar refractivity (Wildman–Crippen MR) is 84.4 cm³/mol. The number of aromatic nitrogens is 2. The van der Waals surface area contributed by atoms with Crippen molar-refractivity contribution in [3.63, 3.8) is 0 Å². The van der Waals surface area contributed by atoms with E-state index >= 15 is 0 Å². The summed E-state index contributed by atoms with van der Waals surface area (Å²) in [6, 6.07) is 6.69. The standard InChI is InChI=1S/C15H22BrN3/c1-10(2)19-13-7-6-11(16)8-12(13)18-14(19)9-17-15(3,4)5/h6-8,10,17H,9H2,1-5H3. The highest BCUT2D eigenvalue weighted by molar-refractivity contribution is 9.10. The fraction of sp³-hybridized carbons (Fsp3) is 0.533. The van der Waals surface area contributed by atoms with Gasteiger partial charge in [0.1, 0.15) is 5.82 Å². The van der Waals surface area contributed by atoms with Crippen LogP contribution in [0.4, 0.5) is 0 Å². The lowest BCUT2D eigenvalue weighted by Crippen LogP contribution is -2.36. The number of rotatable bonds is 3. The van der Waals surface area contributed by atoms with Crippen molar-refractivity contribution in [1.29, 1.82) is 0 Å². The van der Waals surface area contributed by atoms with Gasteiger partial charge in [-0.2, -0.15) is 0 Å². The Morgan fingerprint density at radius 3 is 2.58 bits per heavy atom. The van der Waals surface area contributed by atoms with Crippen molar-refractivity contribution >= 4 is 27.0 Å². The first-order valence-corrected chi connectivity index (χ1v) is 7.48. The fourth-order valence-corrected chi connectivity index (χ4v) is 2.52. The van der Waals surface area contributed by atoms with Crippen molar-refractivity contribution in [3.05, 3.63) is 28.5 Å². The molecule has 2 aromatic rings. The number of fused-ring (bicyclic) bond motifs is 1. The fourth-order valence-electron chi connectivity index (χ4n) is 2.17. The smallest absolute Gasteiger partial charge is 0.124 e. The van der Waals surface area contributed by atoms with E-state index in [1.54, 1.807) is 0 Å². The summed E-state index contributed by atoms with van der Waals surface area (Å²) in [7, 11) is 0. The molecule has 2 rings (SSSR count). The molecular formula is C15H22BrN3. The van der Waals surface area contributed by atoms with Crippen molar-refractivity contribution < 1.29 is 0 Å². The normalized spacial score (nSPS) is 12.6. The zero-order valence-corrected chi connectivity index (χ0v) is 13.9. The van der Waals surface area contributed by atoms with Crippen LogP contribution >= 0.6 is 15.9 Å². The van der Waals surface area contributed by atoms with Crippen LogP contribution in [0, 0.1) is 0 Å². The van der Waals surface area contributed by atoms with E-state index in [0.29, 0.717) is 6.04 Å². The first-order chi connectivity index (χ1) is 8.78. The second-order valence-corrected chi connectivity index (χ2v) is 7.14. The molecule has 0 aliphatic carbocycles. The van der Waals surface area contributed by atoms with E-state index in [-0.39, 0.29) is 5.54 Å². The van der Waals surface area contributed by atoms with Crippen molar-refractivity contribution in [1.82, 2.24) is 14.9 Å². The first kappa shape index (κ1) is 14.5. The molecule has 0 aliphatic rings. The second kappa shape index (κ2) is 5.25. The monoisotopic (exact) mass is 323 g/mol. The largest absolute Gasteiger partial charge is 0.324 e. The Morgan fingerprint density at radius 2 is 2.00 bits per heavy atom. The maximum atomic E-state index is 4.77. The third-order valence-electron chi connectivity index (χ3n) is 3.02. The second-order valence-electron chi connectivity index (χ2n) is 6.23. The Hall–Kier alpha value is -0.870. The van der Waals surface area contributed by atoms with E-state index in [4.69, 9.17) is 4.98 Å². The third kappa shape index (κ3) is 3.37. The van der Waals surface area contributed by atoms with Gasteiger partial charge in [-0.1, -0.05) is 15.9 Å². The lowest BCUT2D eigenvalue weighted by atomic mass is 10.1. The third-order valence-corrected chi connectivity index (χ3v) is 3.51. The van der Waals surface area contributed by atoms with Crippen LogP contribution in [0.2, 0.25) is 0 Å². The summed E-state index contributed by atoms with van der Waals surface area (Å²) in [5.41, 5.74) is 2.35. The molecule has 0 atom stereocenters. The summed E-state index contributed by atoms with van der Waals surface area (Å²) >= 11 is 3.51. The molecule has 1 aromatic heterocycles. The van der Waals surface area contributed by atoms with Crippen molar-refractivity contribution in [2.75, 3.05) is 0 Å². The maximum Gasteiger partial charge on any atom is 0.124 e. The molecule has 4 heteroatoms. The van der Waals surface area contributed by atoms with Crippen molar-refractivity contribution in [3.8, 4) is 0 Å². The van der Waals surface area contributed by atoms with E-state index in [1.807, 2.05) is 0 Å². The molecule has 0 unspecified atom stereocenters. The number of halogens is 1. The molecule has 0 spiro atoms. The molecular weight excluding hydrogens is 302 g/mol. The van der Waals surface area contributed by atoms with Crippen molar-refractivity contribution in [2.45, 2.75) is 52.7 Å². The van der Waals surface area contributed by atoms with Gasteiger partial charge in [-0.25, -0.2) is 4.98 Å². The van der Waals surface area contributed by atoms with Crippen LogP contribution < -0.4 is 5.32 Å². The molecule has 0 amide bonds. The van der Waals surface area contributed by atoms with Gasteiger partial charge in [0.05, 0.1) is 17.6 Å². The lowest BCUT2D eigenvalue weighted by Gasteiger charge is -2.21. The van der Waals surface area contributed by atoms with Gasteiger partial charge in [-0.3, -0.25) is 0 Å². The summed E-state index contributed by atoms with van der Waals surface area (Å²) < 4.78 is 3.38. The summed E-state index contributed by atoms with van der Waals surface area (Å²) in [6.07, 6.45) is 0. The van der Waals surface area contributed by atoms with Crippen LogP contribution in [0.25, 0.3) is 11.0 Å². The average molecular weight is 324 g/mol. The zero-order valence-electron chi connectivity index (χ0n) is 12.3. The lowest BCUT2D eigenvalue weighted by molar-refractivity contribution is 0.408. The molecule has 1 N–H and O–H groups in total. The molecule has 0 fully saturated rings. The van der Waals surface area contributed by atoms with E-state index in [0.717, 1.165) is 22.4 Å². The van der Waals surface area contributed by atoms with Crippen LogP contribution in [0.5, 0.6) is 0 Å². The van der Waals surface area contributed by atoms with Crippen LogP contribution in [0.3, 0.4) is 0 Å². The minimum atomic E-state index is 0.0977. The van der Waals surface area contributed by atoms with Gasteiger partial charge in [0.15, 0.2) is 0 Å². The average Bonchev–Trinajstić information content (AvgIpc) is 2.62. The van der Waals surface area contributed by atoms with E-state index in [1.165, 1.54) is 5.52 Å². The van der Waals surface area contributed by atoms with Crippen LogP contribution in [-0.2, 0) is 6.54 Å². The minimum Gasteiger partial charge on any atom is -0.324 e. The Kier molecular flexibility index (Phi) is 4.02. The van der Waals surface area contributed by atoms with Gasteiger partial charge >= 0.3 is 0 Å². The van der Waals surface area contributed by atoms with Gasteiger partial charge in [-0.15, -0.1) is 0 Å². The predicted octanol–water partition coefficient (Wildman–Crippen LogP) is 4.27.